The quantitative estimate of drug-likeness (QED) is 0.761. The molecule has 0 unspecified atom stereocenters. The Labute approximate surface area is 107 Å². The second kappa shape index (κ2) is 4.64. The zero-order valence-electron chi connectivity index (χ0n) is 9.82. The highest BCUT2D eigenvalue weighted by atomic mass is 19.1. The third kappa shape index (κ3) is 2.24. The molecule has 6 heteroatoms. The van der Waals surface area contributed by atoms with Crippen LogP contribution in [0.3, 0.4) is 0 Å². The van der Waals surface area contributed by atoms with E-state index in [2.05, 4.69) is 20.5 Å². The van der Waals surface area contributed by atoms with E-state index in [1.165, 1.54) is 18.2 Å². The number of hydrogen-bond acceptors (Lipinski definition) is 3. The van der Waals surface area contributed by atoms with Crippen molar-refractivity contribution in [1.82, 2.24) is 15.2 Å². The molecular formula is C13H10F2N4. The van der Waals surface area contributed by atoms with Crippen LogP contribution in [0.25, 0.3) is 11.0 Å². The maximum absolute atomic E-state index is 13.4. The average molecular weight is 260 g/mol. The SMILES string of the molecule is Fc1cccc(F)c1CNc1cnc2[nH]ncc2c1. The van der Waals surface area contributed by atoms with Crippen molar-refractivity contribution in [2.75, 3.05) is 5.32 Å². The first-order chi connectivity index (χ1) is 9.24. The first-order valence-electron chi connectivity index (χ1n) is 5.70. The molecule has 3 rings (SSSR count). The summed E-state index contributed by atoms with van der Waals surface area (Å²) >= 11 is 0. The molecule has 19 heavy (non-hydrogen) atoms. The number of halogens is 2. The predicted octanol–water partition coefficient (Wildman–Crippen LogP) is 2.85. The first kappa shape index (κ1) is 11.6. The van der Waals surface area contributed by atoms with Gasteiger partial charge in [0, 0.05) is 17.5 Å². The molecule has 0 saturated carbocycles. The normalized spacial score (nSPS) is 10.8. The largest absolute Gasteiger partial charge is 0.379 e. The van der Waals surface area contributed by atoms with Crippen molar-refractivity contribution in [3.05, 3.63) is 53.9 Å². The summed E-state index contributed by atoms with van der Waals surface area (Å²) in [6.07, 6.45) is 3.22. The number of hydrogen-bond donors (Lipinski definition) is 2. The molecule has 0 radical (unpaired) electrons. The van der Waals surface area contributed by atoms with Gasteiger partial charge in [-0.15, -0.1) is 0 Å². The monoisotopic (exact) mass is 260 g/mol. The van der Waals surface area contributed by atoms with Gasteiger partial charge in [-0.25, -0.2) is 13.8 Å². The van der Waals surface area contributed by atoms with Crippen LogP contribution in [0.1, 0.15) is 5.56 Å². The molecule has 0 atom stereocenters. The van der Waals surface area contributed by atoms with Crippen LogP contribution in [0.15, 0.2) is 36.7 Å². The smallest absolute Gasteiger partial charge is 0.155 e. The van der Waals surface area contributed by atoms with Crippen molar-refractivity contribution in [2.24, 2.45) is 0 Å². The van der Waals surface area contributed by atoms with Gasteiger partial charge < -0.3 is 5.32 Å². The number of benzene rings is 1. The lowest BCUT2D eigenvalue weighted by Crippen LogP contribution is -2.04. The van der Waals surface area contributed by atoms with E-state index in [1.54, 1.807) is 12.4 Å². The standard InChI is InChI=1S/C13H10F2N4/c14-11-2-1-3-12(15)10(11)7-16-9-4-8-5-18-19-13(8)17-6-9/h1-6,16H,7H2,(H,17,18,19). The molecule has 4 nitrogen and oxygen atoms in total. The summed E-state index contributed by atoms with van der Waals surface area (Å²) in [4.78, 5) is 4.13. The third-order valence-corrected chi connectivity index (χ3v) is 2.82. The van der Waals surface area contributed by atoms with Crippen LogP contribution < -0.4 is 5.32 Å². The third-order valence-electron chi connectivity index (χ3n) is 2.82. The van der Waals surface area contributed by atoms with Gasteiger partial charge in [-0.3, -0.25) is 5.10 Å². The fourth-order valence-electron chi connectivity index (χ4n) is 1.82. The Balaban J connectivity index is 1.82. The molecular weight excluding hydrogens is 250 g/mol. The number of nitrogens with one attached hydrogen (secondary N) is 2. The molecule has 2 heterocycles. The Hall–Kier alpha value is -2.50. The van der Waals surface area contributed by atoms with Gasteiger partial charge in [0.2, 0.25) is 0 Å². The van der Waals surface area contributed by atoms with Crippen LogP contribution >= 0.6 is 0 Å². The lowest BCUT2D eigenvalue weighted by Gasteiger charge is -2.08. The van der Waals surface area contributed by atoms with Crippen molar-refractivity contribution in [2.45, 2.75) is 6.54 Å². The van der Waals surface area contributed by atoms with Gasteiger partial charge in [0.1, 0.15) is 11.6 Å². The van der Waals surface area contributed by atoms with E-state index < -0.39 is 11.6 Å². The molecule has 0 aliphatic heterocycles. The van der Waals surface area contributed by atoms with E-state index in [1.807, 2.05) is 6.07 Å². The van der Waals surface area contributed by atoms with Gasteiger partial charge in [-0.2, -0.15) is 5.10 Å². The number of H-pyrrole nitrogens is 1. The van der Waals surface area contributed by atoms with Crippen molar-refractivity contribution in [3.8, 4) is 0 Å². The molecule has 1 aromatic carbocycles. The summed E-state index contributed by atoms with van der Waals surface area (Å²) in [5.41, 5.74) is 1.36. The highest BCUT2D eigenvalue weighted by Gasteiger charge is 2.08. The minimum Gasteiger partial charge on any atom is -0.379 e. The van der Waals surface area contributed by atoms with Crippen LogP contribution in [0, 0.1) is 11.6 Å². The summed E-state index contributed by atoms with van der Waals surface area (Å²) in [6, 6.07) is 5.62. The molecule has 0 fully saturated rings. The van der Waals surface area contributed by atoms with Crippen LogP contribution in [-0.2, 0) is 6.54 Å². The second-order valence-electron chi connectivity index (χ2n) is 4.09. The predicted molar refractivity (Wildman–Crippen MR) is 67.6 cm³/mol. The highest BCUT2D eigenvalue weighted by molar-refractivity contribution is 5.77. The summed E-state index contributed by atoms with van der Waals surface area (Å²) in [5, 5.41) is 10.4. The zero-order chi connectivity index (χ0) is 13.2. The Kier molecular flexibility index (Phi) is 2.83. The molecule has 0 aliphatic carbocycles. The van der Waals surface area contributed by atoms with Gasteiger partial charge in [0.15, 0.2) is 5.65 Å². The molecule has 0 aliphatic rings. The molecule has 2 N–H and O–H groups in total. The van der Waals surface area contributed by atoms with E-state index in [9.17, 15) is 8.78 Å². The van der Waals surface area contributed by atoms with Gasteiger partial charge in [0.25, 0.3) is 0 Å². The zero-order valence-corrected chi connectivity index (χ0v) is 9.82. The van der Waals surface area contributed by atoms with Gasteiger partial charge >= 0.3 is 0 Å². The molecule has 0 saturated heterocycles. The molecule has 0 amide bonds. The topological polar surface area (TPSA) is 53.6 Å². The van der Waals surface area contributed by atoms with Gasteiger partial charge in [0.05, 0.1) is 18.1 Å². The number of pyridine rings is 1. The molecule has 0 bridgehead atoms. The van der Waals surface area contributed by atoms with E-state index in [-0.39, 0.29) is 12.1 Å². The van der Waals surface area contributed by atoms with Gasteiger partial charge in [-0.1, -0.05) is 6.07 Å². The Morgan fingerprint density at radius 1 is 1.16 bits per heavy atom. The fourth-order valence-corrected chi connectivity index (χ4v) is 1.82. The minimum absolute atomic E-state index is 0.00907. The van der Waals surface area contributed by atoms with Crippen LogP contribution in [-0.4, -0.2) is 15.2 Å². The lowest BCUT2D eigenvalue weighted by atomic mass is 10.2. The number of nitrogens with zero attached hydrogens (tertiary/aromatic N) is 2. The summed E-state index contributed by atoms with van der Waals surface area (Å²) in [5.74, 6) is -1.13. The number of rotatable bonds is 3. The lowest BCUT2D eigenvalue weighted by molar-refractivity contribution is 0.560. The van der Waals surface area contributed by atoms with Crippen molar-refractivity contribution >= 4 is 16.7 Å². The molecule has 0 spiro atoms. The second-order valence-corrected chi connectivity index (χ2v) is 4.09. The Morgan fingerprint density at radius 2 is 1.95 bits per heavy atom. The number of fused-ring (bicyclic) bond motifs is 1. The van der Waals surface area contributed by atoms with Crippen LogP contribution in [0.2, 0.25) is 0 Å². The van der Waals surface area contributed by atoms with Crippen molar-refractivity contribution in [1.29, 1.82) is 0 Å². The Bertz CT molecular complexity index is 703. The van der Waals surface area contributed by atoms with E-state index in [0.717, 1.165) is 5.39 Å². The minimum atomic E-state index is -0.565. The Morgan fingerprint density at radius 3 is 2.74 bits per heavy atom. The van der Waals surface area contributed by atoms with Gasteiger partial charge in [-0.05, 0) is 18.2 Å². The first-order valence-corrected chi connectivity index (χ1v) is 5.70. The summed E-state index contributed by atoms with van der Waals surface area (Å²) in [6.45, 7) is 0.0591. The van der Waals surface area contributed by atoms with Crippen molar-refractivity contribution < 1.29 is 8.78 Å². The average Bonchev–Trinajstić information content (AvgIpc) is 2.85. The van der Waals surface area contributed by atoms with Crippen LogP contribution in [0.4, 0.5) is 14.5 Å². The molecule has 3 aromatic rings. The van der Waals surface area contributed by atoms with Crippen molar-refractivity contribution in [3.63, 3.8) is 0 Å². The summed E-state index contributed by atoms with van der Waals surface area (Å²) < 4.78 is 26.9. The van der Waals surface area contributed by atoms with Crippen LogP contribution in [0.5, 0.6) is 0 Å². The highest BCUT2D eigenvalue weighted by Crippen LogP contribution is 2.17. The van der Waals surface area contributed by atoms with E-state index in [4.69, 9.17) is 0 Å². The fraction of sp³-hybridized carbons (Fsp3) is 0.0769. The maximum atomic E-state index is 13.4. The maximum Gasteiger partial charge on any atom is 0.155 e. The van der Waals surface area contributed by atoms with E-state index >= 15 is 0 Å². The number of anilines is 1. The van der Waals surface area contributed by atoms with E-state index in [0.29, 0.717) is 11.3 Å². The number of aromatic amines is 1. The number of aromatic nitrogens is 3. The summed E-state index contributed by atoms with van der Waals surface area (Å²) in [7, 11) is 0. The molecule has 96 valence electrons. The molecule has 2 aromatic heterocycles.